The Morgan fingerprint density at radius 1 is 1.39 bits per heavy atom. The van der Waals surface area contributed by atoms with Crippen molar-refractivity contribution < 1.29 is 32.0 Å². The molecule has 2 aromatic heterocycles. The number of ether oxygens (including phenoxy) is 2. The molecular weight excluding hydrogens is 319 g/mol. The number of carbonyl (C=O) groups is 1. The number of esters is 1. The first-order chi connectivity index (χ1) is 10.8. The average molecular weight is 331 g/mol. The molecular formula is C13H12F3N3O4. The molecule has 2 rings (SSSR count). The zero-order valence-corrected chi connectivity index (χ0v) is 12.2. The molecule has 23 heavy (non-hydrogen) atoms. The van der Waals surface area contributed by atoms with Gasteiger partial charge in [0.25, 0.3) is 0 Å². The van der Waals surface area contributed by atoms with Crippen molar-refractivity contribution in [3.05, 3.63) is 35.0 Å². The number of nitrogens with zero attached hydrogens (tertiary/aromatic N) is 3. The van der Waals surface area contributed by atoms with Gasteiger partial charge >= 0.3 is 18.2 Å². The lowest BCUT2D eigenvalue weighted by Crippen LogP contribution is -2.12. The van der Waals surface area contributed by atoms with E-state index in [0.717, 1.165) is 12.3 Å². The summed E-state index contributed by atoms with van der Waals surface area (Å²) in [5.41, 5.74) is -0.981. The minimum atomic E-state index is -4.61. The minimum absolute atomic E-state index is 0.0684. The van der Waals surface area contributed by atoms with Gasteiger partial charge in [0, 0.05) is 6.20 Å². The maximum absolute atomic E-state index is 12.6. The second kappa shape index (κ2) is 6.63. The zero-order chi connectivity index (χ0) is 17.0. The molecule has 0 aliphatic heterocycles. The first-order valence-electron chi connectivity index (χ1n) is 6.48. The fourth-order valence-corrected chi connectivity index (χ4v) is 1.68. The molecule has 124 valence electrons. The lowest BCUT2D eigenvalue weighted by Gasteiger charge is -2.07. The first-order valence-corrected chi connectivity index (χ1v) is 6.48. The topological polar surface area (TPSA) is 87.3 Å². The Hall–Kier alpha value is -2.65. The Kier molecular flexibility index (Phi) is 4.82. The molecule has 0 aliphatic rings. The molecule has 0 saturated heterocycles. The van der Waals surface area contributed by atoms with Crippen molar-refractivity contribution in [3.63, 3.8) is 0 Å². The van der Waals surface area contributed by atoms with E-state index >= 15 is 0 Å². The van der Waals surface area contributed by atoms with E-state index in [2.05, 4.69) is 15.1 Å². The molecule has 0 radical (unpaired) electrons. The van der Waals surface area contributed by atoms with Crippen LogP contribution in [-0.4, -0.2) is 27.7 Å². The Labute approximate surface area is 128 Å². The van der Waals surface area contributed by atoms with Crippen LogP contribution < -0.4 is 4.74 Å². The number of carbonyl (C=O) groups excluding carboxylic acids is 1. The smallest absolute Gasteiger partial charge is 0.433 e. The van der Waals surface area contributed by atoms with Crippen LogP contribution in [0.2, 0.25) is 0 Å². The Balaban J connectivity index is 2.15. The summed E-state index contributed by atoms with van der Waals surface area (Å²) in [4.78, 5) is 18.6. The summed E-state index contributed by atoms with van der Waals surface area (Å²) in [5.74, 6) is -0.443. The van der Waals surface area contributed by atoms with Gasteiger partial charge in [-0.1, -0.05) is 5.16 Å². The largest absolute Gasteiger partial charge is 0.462 e. The van der Waals surface area contributed by atoms with Crippen molar-refractivity contribution in [3.8, 4) is 6.01 Å². The first kappa shape index (κ1) is 16.7. The molecule has 0 aromatic carbocycles. The predicted molar refractivity (Wildman–Crippen MR) is 68.6 cm³/mol. The van der Waals surface area contributed by atoms with Crippen LogP contribution in [0.3, 0.4) is 0 Å². The number of alkyl halides is 3. The normalized spacial score (nSPS) is 11.3. The third-order valence-electron chi connectivity index (χ3n) is 2.67. The van der Waals surface area contributed by atoms with Gasteiger partial charge in [-0.3, -0.25) is 0 Å². The third kappa shape index (κ3) is 3.96. The molecule has 0 unspecified atom stereocenters. The summed E-state index contributed by atoms with van der Waals surface area (Å²) in [7, 11) is 0. The third-order valence-corrected chi connectivity index (χ3v) is 2.67. The molecule has 0 fully saturated rings. The van der Waals surface area contributed by atoms with Gasteiger partial charge < -0.3 is 14.0 Å². The number of aromatic nitrogens is 3. The van der Waals surface area contributed by atoms with Gasteiger partial charge in [0.1, 0.15) is 23.6 Å². The zero-order valence-electron chi connectivity index (χ0n) is 12.2. The van der Waals surface area contributed by atoms with Crippen molar-refractivity contribution in [2.75, 3.05) is 6.61 Å². The van der Waals surface area contributed by atoms with E-state index in [9.17, 15) is 18.0 Å². The molecule has 0 saturated carbocycles. The SMILES string of the molecule is CCOC(=O)c1c(COc2nccc(C(F)(F)F)n2)noc1C. The van der Waals surface area contributed by atoms with Crippen LogP contribution in [0.5, 0.6) is 6.01 Å². The summed E-state index contributed by atoms with van der Waals surface area (Å²) in [5, 5.41) is 3.63. The van der Waals surface area contributed by atoms with Crippen molar-refractivity contribution >= 4 is 5.97 Å². The monoisotopic (exact) mass is 331 g/mol. The average Bonchev–Trinajstić information content (AvgIpc) is 2.86. The lowest BCUT2D eigenvalue weighted by atomic mass is 10.2. The Morgan fingerprint density at radius 3 is 2.78 bits per heavy atom. The summed E-state index contributed by atoms with van der Waals surface area (Å²) in [6.45, 7) is 2.95. The minimum Gasteiger partial charge on any atom is -0.462 e. The molecule has 10 heteroatoms. The summed E-state index contributed by atoms with van der Waals surface area (Å²) in [6.07, 6.45) is -3.69. The van der Waals surface area contributed by atoms with Crippen LogP contribution in [0.1, 0.15) is 34.4 Å². The van der Waals surface area contributed by atoms with E-state index in [1.165, 1.54) is 6.92 Å². The number of hydrogen-bond acceptors (Lipinski definition) is 7. The van der Waals surface area contributed by atoms with Crippen LogP contribution >= 0.6 is 0 Å². The molecule has 0 aliphatic carbocycles. The van der Waals surface area contributed by atoms with E-state index in [1.54, 1.807) is 6.92 Å². The maximum atomic E-state index is 12.6. The second-order valence-corrected chi connectivity index (χ2v) is 4.29. The van der Waals surface area contributed by atoms with E-state index < -0.39 is 23.8 Å². The van der Waals surface area contributed by atoms with Crippen LogP contribution in [0.4, 0.5) is 13.2 Å². The van der Waals surface area contributed by atoms with Crippen molar-refractivity contribution in [2.45, 2.75) is 26.6 Å². The Morgan fingerprint density at radius 2 is 2.13 bits per heavy atom. The van der Waals surface area contributed by atoms with Crippen LogP contribution in [0.25, 0.3) is 0 Å². The van der Waals surface area contributed by atoms with Gasteiger partial charge in [-0.25, -0.2) is 9.78 Å². The van der Waals surface area contributed by atoms with Gasteiger partial charge in [0.05, 0.1) is 6.61 Å². The van der Waals surface area contributed by atoms with Gasteiger partial charge in [0.15, 0.2) is 5.69 Å². The summed E-state index contributed by atoms with van der Waals surface area (Å²) in [6, 6.07) is 0.229. The van der Waals surface area contributed by atoms with E-state index in [0.29, 0.717) is 0 Å². The van der Waals surface area contributed by atoms with E-state index in [4.69, 9.17) is 14.0 Å². The van der Waals surface area contributed by atoms with E-state index in [-0.39, 0.29) is 30.2 Å². The fraction of sp³-hybridized carbons (Fsp3) is 0.385. The van der Waals surface area contributed by atoms with Gasteiger partial charge in [-0.05, 0) is 19.9 Å². The van der Waals surface area contributed by atoms with Gasteiger partial charge in [-0.15, -0.1) is 0 Å². The molecule has 2 aromatic rings. The number of rotatable bonds is 5. The fourth-order valence-electron chi connectivity index (χ4n) is 1.68. The van der Waals surface area contributed by atoms with Crippen molar-refractivity contribution in [1.29, 1.82) is 0 Å². The highest BCUT2D eigenvalue weighted by molar-refractivity contribution is 5.91. The van der Waals surface area contributed by atoms with Crippen LogP contribution in [0, 0.1) is 6.92 Å². The second-order valence-electron chi connectivity index (χ2n) is 4.29. The van der Waals surface area contributed by atoms with E-state index in [1.807, 2.05) is 0 Å². The lowest BCUT2D eigenvalue weighted by molar-refractivity contribution is -0.141. The van der Waals surface area contributed by atoms with Crippen molar-refractivity contribution in [1.82, 2.24) is 15.1 Å². The highest BCUT2D eigenvalue weighted by atomic mass is 19.4. The Bertz CT molecular complexity index is 700. The summed E-state index contributed by atoms with van der Waals surface area (Å²) < 4.78 is 52.4. The predicted octanol–water partition coefficient (Wildman–Crippen LogP) is 2.55. The molecule has 0 amide bonds. The molecule has 7 nitrogen and oxygen atoms in total. The van der Waals surface area contributed by atoms with Crippen LogP contribution in [0.15, 0.2) is 16.8 Å². The molecule has 0 spiro atoms. The van der Waals surface area contributed by atoms with Gasteiger partial charge in [-0.2, -0.15) is 18.2 Å². The highest BCUT2D eigenvalue weighted by Crippen LogP contribution is 2.28. The molecule has 0 bridgehead atoms. The number of halogens is 3. The van der Waals surface area contributed by atoms with Gasteiger partial charge in [0.2, 0.25) is 0 Å². The standard InChI is InChI=1S/C13H12F3N3O4/c1-3-21-11(20)10-7(2)23-19-8(10)6-22-12-17-5-4-9(18-12)13(14,15)16/h4-5H,3,6H2,1-2H3. The van der Waals surface area contributed by atoms with Crippen LogP contribution in [-0.2, 0) is 17.5 Å². The highest BCUT2D eigenvalue weighted by Gasteiger charge is 2.33. The number of hydrogen-bond donors (Lipinski definition) is 0. The summed E-state index contributed by atoms with van der Waals surface area (Å²) >= 11 is 0. The number of aryl methyl sites for hydroxylation is 1. The molecule has 2 heterocycles. The maximum Gasteiger partial charge on any atom is 0.433 e. The van der Waals surface area contributed by atoms with Crippen molar-refractivity contribution in [2.24, 2.45) is 0 Å². The molecule has 0 atom stereocenters. The quantitative estimate of drug-likeness (QED) is 0.778. The molecule has 0 N–H and O–H groups in total.